The van der Waals surface area contributed by atoms with Crippen molar-refractivity contribution in [2.45, 2.75) is 25.8 Å². The summed E-state index contributed by atoms with van der Waals surface area (Å²) >= 11 is 0. The summed E-state index contributed by atoms with van der Waals surface area (Å²) in [6.45, 7) is 2.17. The SMILES string of the molecule is CCc1ccc(CC(N)c2nn(C)c3ccccc23)cc1. The van der Waals surface area contributed by atoms with E-state index in [-0.39, 0.29) is 6.04 Å². The molecule has 0 radical (unpaired) electrons. The van der Waals surface area contributed by atoms with Gasteiger partial charge in [0.2, 0.25) is 0 Å². The van der Waals surface area contributed by atoms with Crippen LogP contribution < -0.4 is 5.73 Å². The first-order valence-corrected chi connectivity index (χ1v) is 7.44. The molecular weight excluding hydrogens is 258 g/mol. The highest BCUT2D eigenvalue weighted by Gasteiger charge is 2.15. The number of fused-ring (bicyclic) bond motifs is 1. The maximum atomic E-state index is 6.40. The van der Waals surface area contributed by atoms with Gasteiger partial charge in [0, 0.05) is 12.4 Å². The molecule has 2 N–H and O–H groups in total. The predicted octanol–water partition coefficient (Wildman–Crippen LogP) is 3.38. The summed E-state index contributed by atoms with van der Waals surface area (Å²) in [5.74, 6) is 0. The fraction of sp³-hybridized carbons (Fsp3) is 0.278. The molecule has 0 amide bonds. The molecule has 0 fully saturated rings. The van der Waals surface area contributed by atoms with Crippen LogP contribution in [0.3, 0.4) is 0 Å². The van der Waals surface area contributed by atoms with Crippen molar-refractivity contribution in [3.63, 3.8) is 0 Å². The zero-order chi connectivity index (χ0) is 14.8. The Labute approximate surface area is 125 Å². The van der Waals surface area contributed by atoms with Crippen LogP contribution in [-0.2, 0) is 19.9 Å². The van der Waals surface area contributed by atoms with Crippen molar-refractivity contribution in [2.75, 3.05) is 0 Å². The minimum absolute atomic E-state index is 0.0800. The Morgan fingerprint density at radius 3 is 2.43 bits per heavy atom. The number of hydrogen-bond donors (Lipinski definition) is 1. The van der Waals surface area contributed by atoms with Gasteiger partial charge in [0.1, 0.15) is 0 Å². The zero-order valence-corrected chi connectivity index (χ0v) is 12.6. The van der Waals surface area contributed by atoms with E-state index < -0.39 is 0 Å². The second-order valence-electron chi connectivity index (χ2n) is 5.51. The summed E-state index contributed by atoms with van der Waals surface area (Å²) in [6, 6.07) is 16.9. The summed E-state index contributed by atoms with van der Waals surface area (Å²) in [7, 11) is 1.97. The third kappa shape index (κ3) is 2.69. The standard InChI is InChI=1S/C18H21N3/c1-3-13-8-10-14(11-9-13)12-16(19)18-15-6-4-5-7-17(15)21(2)20-18/h4-11,16H,3,12,19H2,1-2H3. The van der Waals surface area contributed by atoms with Gasteiger partial charge in [0.05, 0.1) is 17.3 Å². The Hall–Kier alpha value is -2.13. The fourth-order valence-electron chi connectivity index (χ4n) is 2.78. The lowest BCUT2D eigenvalue weighted by Crippen LogP contribution is -2.14. The Morgan fingerprint density at radius 2 is 1.71 bits per heavy atom. The number of hydrogen-bond acceptors (Lipinski definition) is 2. The van der Waals surface area contributed by atoms with Gasteiger partial charge in [-0.05, 0) is 30.0 Å². The first-order valence-electron chi connectivity index (χ1n) is 7.44. The van der Waals surface area contributed by atoms with Gasteiger partial charge in [-0.15, -0.1) is 0 Å². The molecule has 0 aliphatic carbocycles. The number of para-hydroxylation sites is 1. The van der Waals surface area contributed by atoms with E-state index in [9.17, 15) is 0 Å². The van der Waals surface area contributed by atoms with E-state index in [1.807, 2.05) is 23.9 Å². The molecule has 1 aromatic heterocycles. The summed E-state index contributed by atoms with van der Waals surface area (Å²) in [5.41, 5.74) is 11.1. The first kappa shape index (κ1) is 13.8. The van der Waals surface area contributed by atoms with E-state index in [4.69, 9.17) is 5.73 Å². The Bertz CT molecular complexity index is 741. The van der Waals surface area contributed by atoms with Crippen LogP contribution in [0.15, 0.2) is 48.5 Å². The zero-order valence-electron chi connectivity index (χ0n) is 12.6. The molecule has 0 bridgehead atoms. The van der Waals surface area contributed by atoms with Crippen LogP contribution in [0.25, 0.3) is 10.9 Å². The predicted molar refractivity (Wildman–Crippen MR) is 87.2 cm³/mol. The fourth-order valence-corrected chi connectivity index (χ4v) is 2.78. The summed E-state index contributed by atoms with van der Waals surface area (Å²) in [5, 5.41) is 5.76. The smallest absolute Gasteiger partial charge is 0.0873 e. The minimum Gasteiger partial charge on any atom is -0.322 e. The number of nitrogens with two attached hydrogens (primary N) is 1. The van der Waals surface area contributed by atoms with Gasteiger partial charge in [-0.25, -0.2) is 0 Å². The van der Waals surface area contributed by atoms with Crippen LogP contribution in [0.5, 0.6) is 0 Å². The molecule has 2 aromatic carbocycles. The van der Waals surface area contributed by atoms with E-state index in [0.29, 0.717) is 0 Å². The van der Waals surface area contributed by atoms with Crippen molar-refractivity contribution in [3.8, 4) is 0 Å². The molecule has 1 unspecified atom stereocenters. The minimum atomic E-state index is -0.0800. The molecule has 3 nitrogen and oxygen atoms in total. The molecule has 3 aromatic rings. The number of rotatable bonds is 4. The van der Waals surface area contributed by atoms with E-state index in [0.717, 1.165) is 29.4 Å². The average Bonchev–Trinajstić information content (AvgIpc) is 2.86. The Morgan fingerprint density at radius 1 is 1.05 bits per heavy atom. The second-order valence-corrected chi connectivity index (χ2v) is 5.51. The van der Waals surface area contributed by atoms with Crippen LogP contribution in [-0.4, -0.2) is 9.78 Å². The molecular formula is C18H21N3. The quantitative estimate of drug-likeness (QED) is 0.795. The normalized spacial score (nSPS) is 12.7. The molecule has 3 rings (SSSR count). The highest BCUT2D eigenvalue weighted by atomic mass is 15.3. The van der Waals surface area contributed by atoms with Gasteiger partial charge in [0.15, 0.2) is 0 Å². The van der Waals surface area contributed by atoms with Crippen molar-refractivity contribution in [2.24, 2.45) is 12.8 Å². The van der Waals surface area contributed by atoms with Gasteiger partial charge in [-0.3, -0.25) is 4.68 Å². The molecule has 0 saturated carbocycles. The molecule has 0 saturated heterocycles. The molecule has 3 heteroatoms. The van der Waals surface area contributed by atoms with Gasteiger partial charge in [-0.2, -0.15) is 5.10 Å². The average molecular weight is 279 g/mol. The monoisotopic (exact) mass is 279 g/mol. The second kappa shape index (κ2) is 5.70. The lowest BCUT2D eigenvalue weighted by molar-refractivity contribution is 0.665. The lowest BCUT2D eigenvalue weighted by atomic mass is 10.0. The Balaban J connectivity index is 1.88. The highest BCUT2D eigenvalue weighted by molar-refractivity contribution is 5.82. The molecule has 0 aliphatic heterocycles. The van der Waals surface area contributed by atoms with Crippen LogP contribution in [0.4, 0.5) is 0 Å². The maximum absolute atomic E-state index is 6.40. The van der Waals surface area contributed by atoms with Crippen molar-refractivity contribution < 1.29 is 0 Å². The van der Waals surface area contributed by atoms with Crippen LogP contribution in [0.1, 0.15) is 29.8 Å². The molecule has 0 spiro atoms. The lowest BCUT2D eigenvalue weighted by Gasteiger charge is -2.10. The number of aryl methyl sites for hydroxylation is 2. The van der Waals surface area contributed by atoms with E-state index in [1.54, 1.807) is 0 Å². The van der Waals surface area contributed by atoms with Crippen LogP contribution in [0, 0.1) is 0 Å². The van der Waals surface area contributed by atoms with E-state index in [2.05, 4.69) is 48.4 Å². The molecule has 1 heterocycles. The van der Waals surface area contributed by atoms with Crippen molar-refractivity contribution in [1.29, 1.82) is 0 Å². The topological polar surface area (TPSA) is 43.8 Å². The van der Waals surface area contributed by atoms with Crippen molar-refractivity contribution >= 4 is 10.9 Å². The molecule has 1 atom stereocenters. The van der Waals surface area contributed by atoms with Crippen LogP contribution >= 0.6 is 0 Å². The largest absolute Gasteiger partial charge is 0.322 e. The van der Waals surface area contributed by atoms with Gasteiger partial charge in [-0.1, -0.05) is 49.4 Å². The number of benzene rings is 2. The van der Waals surface area contributed by atoms with Crippen molar-refractivity contribution in [3.05, 3.63) is 65.4 Å². The first-order chi connectivity index (χ1) is 10.2. The summed E-state index contributed by atoms with van der Waals surface area (Å²) < 4.78 is 1.91. The summed E-state index contributed by atoms with van der Waals surface area (Å²) in [4.78, 5) is 0. The highest BCUT2D eigenvalue weighted by Crippen LogP contribution is 2.24. The third-order valence-electron chi connectivity index (χ3n) is 4.02. The van der Waals surface area contributed by atoms with E-state index >= 15 is 0 Å². The number of nitrogens with zero attached hydrogens (tertiary/aromatic N) is 2. The summed E-state index contributed by atoms with van der Waals surface area (Å²) in [6.07, 6.45) is 1.88. The molecule has 108 valence electrons. The van der Waals surface area contributed by atoms with Gasteiger partial charge < -0.3 is 5.73 Å². The van der Waals surface area contributed by atoms with Crippen molar-refractivity contribution in [1.82, 2.24) is 9.78 Å². The van der Waals surface area contributed by atoms with Crippen LogP contribution in [0.2, 0.25) is 0 Å². The van der Waals surface area contributed by atoms with Gasteiger partial charge in [0.25, 0.3) is 0 Å². The van der Waals surface area contributed by atoms with Gasteiger partial charge >= 0.3 is 0 Å². The molecule has 21 heavy (non-hydrogen) atoms. The van der Waals surface area contributed by atoms with E-state index in [1.165, 1.54) is 11.1 Å². The number of aromatic nitrogens is 2. The maximum Gasteiger partial charge on any atom is 0.0873 e. The third-order valence-corrected chi connectivity index (χ3v) is 4.02. The Kier molecular flexibility index (Phi) is 3.76. The molecule has 0 aliphatic rings.